The number of carbonyl (C=O) groups excluding carboxylic acids is 1. The second-order valence-electron chi connectivity index (χ2n) is 8.03. The van der Waals surface area contributed by atoms with Crippen LogP contribution < -0.4 is 10.2 Å². The van der Waals surface area contributed by atoms with Gasteiger partial charge in [-0.2, -0.15) is 5.26 Å². The van der Waals surface area contributed by atoms with Crippen LogP contribution >= 0.6 is 11.6 Å². The third-order valence-corrected chi connectivity index (χ3v) is 5.90. The minimum atomic E-state index is -0.145. The van der Waals surface area contributed by atoms with Crippen molar-refractivity contribution in [1.29, 1.82) is 5.26 Å². The van der Waals surface area contributed by atoms with Crippen molar-refractivity contribution in [3.63, 3.8) is 0 Å². The molecule has 1 unspecified atom stereocenters. The number of hydrogen-bond acceptors (Lipinski definition) is 7. The Bertz CT molecular complexity index is 1020. The fourth-order valence-electron chi connectivity index (χ4n) is 4.00. The molecule has 1 saturated heterocycles. The van der Waals surface area contributed by atoms with E-state index in [4.69, 9.17) is 21.7 Å². The molecule has 2 fully saturated rings. The Morgan fingerprint density at radius 1 is 1.39 bits per heavy atom. The molecule has 2 aromatic heterocycles. The van der Waals surface area contributed by atoms with Crippen LogP contribution in [0.4, 0.5) is 17.2 Å². The average molecular weight is 441 g/mol. The number of aromatic nitrogens is 2. The van der Waals surface area contributed by atoms with Crippen molar-refractivity contribution < 1.29 is 9.90 Å². The molecular weight excluding hydrogens is 416 g/mol. The summed E-state index contributed by atoms with van der Waals surface area (Å²) >= 11 is 6.01. The Labute approximate surface area is 186 Å². The lowest BCUT2D eigenvalue weighted by Crippen LogP contribution is -2.54. The summed E-state index contributed by atoms with van der Waals surface area (Å²) < 4.78 is 0. The summed E-state index contributed by atoms with van der Waals surface area (Å²) in [4.78, 5) is 25.1. The number of nitrogens with zero attached hydrogens (tertiary/aromatic N) is 5. The van der Waals surface area contributed by atoms with Crippen LogP contribution in [0.15, 0.2) is 24.4 Å². The molecule has 1 aliphatic carbocycles. The summed E-state index contributed by atoms with van der Waals surface area (Å²) in [5, 5.41) is 22.6. The molecule has 3 heterocycles. The lowest BCUT2D eigenvalue weighted by atomic mass is 10.1. The predicted octanol–water partition coefficient (Wildman–Crippen LogP) is 3.04. The number of amides is 1. The van der Waals surface area contributed by atoms with Crippen molar-refractivity contribution >= 4 is 34.7 Å². The third-order valence-electron chi connectivity index (χ3n) is 5.69. The largest absolute Gasteiger partial charge is 0.396 e. The molecule has 0 aromatic carbocycles. The van der Waals surface area contributed by atoms with Gasteiger partial charge in [0.1, 0.15) is 17.0 Å². The van der Waals surface area contributed by atoms with Gasteiger partial charge in [0.05, 0.1) is 23.6 Å². The van der Waals surface area contributed by atoms with Gasteiger partial charge >= 0.3 is 0 Å². The first-order valence-corrected chi connectivity index (χ1v) is 10.9. The summed E-state index contributed by atoms with van der Waals surface area (Å²) in [5.41, 5.74) is 3.06. The van der Waals surface area contributed by atoms with Gasteiger partial charge in [0.2, 0.25) is 5.91 Å². The molecule has 162 valence electrons. The standard InChI is InChI=1S/C22H25ClN6O2/c1-14-13-28(7-8-29(14)20(31)5-9-30)22-16(12-24)10-18(21(27-22)15-2-3-15)26-17-4-6-25-19(23)11-17/h4,6,10-11,14-15,30H,2-3,5,7-9,13H2,1H3,(H,25,26). The van der Waals surface area contributed by atoms with E-state index in [-0.39, 0.29) is 25.0 Å². The summed E-state index contributed by atoms with van der Waals surface area (Å²) in [6.07, 6.45) is 3.92. The number of rotatable bonds is 6. The van der Waals surface area contributed by atoms with Crippen molar-refractivity contribution in [2.45, 2.75) is 38.1 Å². The first-order chi connectivity index (χ1) is 15.0. The van der Waals surface area contributed by atoms with Gasteiger partial charge in [-0.15, -0.1) is 0 Å². The molecule has 9 heteroatoms. The quantitative estimate of drug-likeness (QED) is 0.665. The zero-order chi connectivity index (χ0) is 22.0. The highest BCUT2D eigenvalue weighted by atomic mass is 35.5. The zero-order valence-electron chi connectivity index (χ0n) is 17.4. The number of aliphatic hydroxyl groups is 1. The number of nitrogens with one attached hydrogen (secondary N) is 1. The number of halogens is 1. The van der Waals surface area contributed by atoms with Crippen molar-refractivity contribution in [3.05, 3.63) is 40.8 Å². The number of hydrogen-bond donors (Lipinski definition) is 2. The number of anilines is 3. The maximum atomic E-state index is 12.2. The minimum absolute atomic E-state index is 0.0257. The molecule has 2 aromatic rings. The molecule has 4 rings (SSSR count). The molecule has 0 bridgehead atoms. The molecule has 0 spiro atoms. The summed E-state index contributed by atoms with van der Waals surface area (Å²) in [6, 6.07) is 7.69. The van der Waals surface area contributed by atoms with Crippen molar-refractivity contribution in [2.75, 3.05) is 36.5 Å². The topological polar surface area (TPSA) is 105 Å². The van der Waals surface area contributed by atoms with Crippen LogP contribution in [0.3, 0.4) is 0 Å². The van der Waals surface area contributed by atoms with Gasteiger partial charge in [0.25, 0.3) is 0 Å². The molecule has 1 atom stereocenters. The molecular formula is C22H25ClN6O2. The zero-order valence-corrected chi connectivity index (χ0v) is 18.1. The van der Waals surface area contributed by atoms with Crippen LogP contribution in [0.5, 0.6) is 0 Å². The average Bonchev–Trinajstić information content (AvgIpc) is 3.59. The van der Waals surface area contributed by atoms with Crippen LogP contribution in [0.2, 0.25) is 5.15 Å². The highest BCUT2D eigenvalue weighted by Crippen LogP contribution is 2.44. The van der Waals surface area contributed by atoms with E-state index in [1.807, 2.05) is 19.1 Å². The summed E-state index contributed by atoms with van der Waals surface area (Å²) in [7, 11) is 0. The smallest absolute Gasteiger partial charge is 0.225 e. The molecule has 1 aliphatic heterocycles. The van der Waals surface area contributed by atoms with Crippen LogP contribution in [0, 0.1) is 11.3 Å². The number of nitriles is 1. The monoisotopic (exact) mass is 440 g/mol. The van der Waals surface area contributed by atoms with Crippen LogP contribution in [0.1, 0.15) is 43.4 Å². The van der Waals surface area contributed by atoms with Crippen molar-refractivity contribution in [2.24, 2.45) is 0 Å². The summed E-state index contributed by atoms with van der Waals surface area (Å²) in [5.74, 6) is 0.998. The van der Waals surface area contributed by atoms with Gasteiger partial charge in [0, 0.05) is 49.9 Å². The van der Waals surface area contributed by atoms with E-state index in [2.05, 4.69) is 21.3 Å². The highest BCUT2D eigenvalue weighted by molar-refractivity contribution is 6.29. The van der Waals surface area contributed by atoms with E-state index < -0.39 is 0 Å². The third kappa shape index (κ3) is 4.73. The molecule has 2 aliphatic rings. The number of carbonyl (C=O) groups is 1. The molecule has 0 radical (unpaired) electrons. The molecule has 1 amide bonds. The first kappa shape index (κ1) is 21.3. The molecule has 8 nitrogen and oxygen atoms in total. The highest BCUT2D eigenvalue weighted by Gasteiger charge is 2.32. The Morgan fingerprint density at radius 3 is 2.84 bits per heavy atom. The Morgan fingerprint density at radius 2 is 2.19 bits per heavy atom. The van der Waals surface area contributed by atoms with Crippen LogP contribution in [-0.2, 0) is 4.79 Å². The number of piperazine rings is 1. The SMILES string of the molecule is CC1CN(c2nc(C3CC3)c(Nc3ccnc(Cl)c3)cc2C#N)CCN1C(=O)CCO. The second-order valence-corrected chi connectivity index (χ2v) is 8.41. The van der Waals surface area contributed by atoms with Gasteiger partial charge in [-0.05, 0) is 38.0 Å². The van der Waals surface area contributed by atoms with Crippen LogP contribution in [0.25, 0.3) is 0 Å². The Kier molecular flexibility index (Phi) is 6.25. The van der Waals surface area contributed by atoms with E-state index in [0.717, 1.165) is 29.9 Å². The lowest BCUT2D eigenvalue weighted by molar-refractivity contribution is -0.134. The van der Waals surface area contributed by atoms with Crippen LogP contribution in [-0.4, -0.2) is 58.2 Å². The number of aliphatic hydroxyl groups excluding tert-OH is 1. The van der Waals surface area contributed by atoms with E-state index in [1.54, 1.807) is 17.2 Å². The van der Waals surface area contributed by atoms with E-state index in [0.29, 0.717) is 42.1 Å². The van der Waals surface area contributed by atoms with Gasteiger partial charge in [-0.3, -0.25) is 4.79 Å². The van der Waals surface area contributed by atoms with Gasteiger partial charge in [-0.1, -0.05) is 11.6 Å². The maximum Gasteiger partial charge on any atom is 0.225 e. The van der Waals surface area contributed by atoms with E-state index >= 15 is 0 Å². The van der Waals surface area contributed by atoms with Gasteiger partial charge in [-0.25, -0.2) is 9.97 Å². The fourth-order valence-corrected chi connectivity index (χ4v) is 4.18. The van der Waals surface area contributed by atoms with Gasteiger partial charge in [0.15, 0.2) is 0 Å². The molecule has 1 saturated carbocycles. The predicted molar refractivity (Wildman–Crippen MR) is 119 cm³/mol. The second kappa shape index (κ2) is 9.08. The maximum absolute atomic E-state index is 12.2. The lowest BCUT2D eigenvalue weighted by Gasteiger charge is -2.40. The fraction of sp³-hybridized carbons (Fsp3) is 0.455. The van der Waals surface area contributed by atoms with E-state index in [1.165, 1.54) is 0 Å². The van der Waals surface area contributed by atoms with E-state index in [9.17, 15) is 10.1 Å². The first-order valence-electron chi connectivity index (χ1n) is 10.5. The van der Waals surface area contributed by atoms with Crippen molar-refractivity contribution in [1.82, 2.24) is 14.9 Å². The minimum Gasteiger partial charge on any atom is -0.396 e. The molecule has 31 heavy (non-hydrogen) atoms. The van der Waals surface area contributed by atoms with Gasteiger partial charge < -0.3 is 20.2 Å². The van der Waals surface area contributed by atoms with Crippen molar-refractivity contribution in [3.8, 4) is 6.07 Å². The molecule has 2 N–H and O–H groups in total. The Hall–Kier alpha value is -2.89. The normalized spacial score (nSPS) is 18.6. The summed E-state index contributed by atoms with van der Waals surface area (Å²) in [6.45, 7) is 3.57. The number of pyridine rings is 2. The Balaban J connectivity index is 1.61.